The Hall–Kier alpha value is -1.01. The maximum absolute atomic E-state index is 12.3. The fourth-order valence-electron chi connectivity index (χ4n) is 3.98. The smallest absolute Gasteiger partial charge is 0.226 e. The fraction of sp³-hybridized carbons (Fsp3) is 0.524. The van der Waals surface area contributed by atoms with Gasteiger partial charge in [-0.05, 0) is 73.3 Å². The summed E-state index contributed by atoms with van der Waals surface area (Å²) in [6.07, 6.45) is 9.59. The molecule has 0 saturated heterocycles. The fourth-order valence-corrected chi connectivity index (χ4v) is 5.10. The lowest BCUT2D eigenvalue weighted by Gasteiger charge is -2.32. The molecular weight excluding hydrogens is 413 g/mol. The second kappa shape index (κ2) is 8.39. The maximum atomic E-state index is 12.3. The number of rotatable bonds is 8. The van der Waals surface area contributed by atoms with E-state index in [0.29, 0.717) is 26.7 Å². The summed E-state index contributed by atoms with van der Waals surface area (Å²) < 4.78 is 12.3. The van der Waals surface area contributed by atoms with E-state index in [1.54, 1.807) is 24.6 Å². The third-order valence-corrected chi connectivity index (χ3v) is 7.00. The number of hydrogen-bond acceptors (Lipinski definition) is 4. The number of anilines is 1. The Morgan fingerprint density at radius 2 is 1.89 bits per heavy atom. The van der Waals surface area contributed by atoms with Crippen molar-refractivity contribution in [3.8, 4) is 11.3 Å². The van der Waals surface area contributed by atoms with Crippen molar-refractivity contribution < 1.29 is 4.55 Å². The monoisotopic (exact) mass is 437 g/mol. The van der Waals surface area contributed by atoms with Gasteiger partial charge in [-0.2, -0.15) is 0 Å². The van der Waals surface area contributed by atoms with Gasteiger partial charge in [0.2, 0.25) is 5.95 Å². The Kier molecular flexibility index (Phi) is 6.07. The minimum atomic E-state index is -1.22. The van der Waals surface area contributed by atoms with Crippen molar-refractivity contribution in [3.63, 3.8) is 0 Å². The highest BCUT2D eigenvalue weighted by Crippen LogP contribution is 2.48. The van der Waals surface area contributed by atoms with Crippen LogP contribution in [0.15, 0.2) is 29.3 Å². The van der Waals surface area contributed by atoms with Crippen molar-refractivity contribution in [2.45, 2.75) is 50.0 Å². The highest BCUT2D eigenvalue weighted by Gasteiger charge is 2.45. The lowest BCUT2D eigenvalue weighted by molar-refractivity contribution is 0.469. The molecule has 2 saturated carbocycles. The molecule has 28 heavy (non-hydrogen) atoms. The van der Waals surface area contributed by atoms with E-state index in [1.165, 1.54) is 25.7 Å². The molecule has 0 aliphatic heterocycles. The molecule has 1 unspecified atom stereocenters. The van der Waals surface area contributed by atoms with E-state index in [1.807, 2.05) is 6.07 Å². The SMILES string of the molecule is CCCN(c1ncc([S+](C)[O-])c(-c2ccc(Cl)cc2Cl)n1)C(C1CC1)C1CC1. The molecule has 0 radical (unpaired) electrons. The molecule has 1 heterocycles. The summed E-state index contributed by atoms with van der Waals surface area (Å²) in [5, 5.41) is 1.07. The molecule has 2 aliphatic rings. The topological polar surface area (TPSA) is 52.1 Å². The van der Waals surface area contributed by atoms with Crippen LogP contribution in [0.3, 0.4) is 0 Å². The maximum Gasteiger partial charge on any atom is 0.226 e. The molecule has 0 spiro atoms. The van der Waals surface area contributed by atoms with Gasteiger partial charge in [0.25, 0.3) is 0 Å². The highest BCUT2D eigenvalue weighted by atomic mass is 35.5. The average molecular weight is 438 g/mol. The third-order valence-electron chi connectivity index (χ3n) is 5.53. The van der Waals surface area contributed by atoms with Crippen LogP contribution in [-0.2, 0) is 11.2 Å². The van der Waals surface area contributed by atoms with Gasteiger partial charge in [0.1, 0.15) is 11.9 Å². The molecule has 1 aromatic carbocycles. The number of hydrogen-bond donors (Lipinski definition) is 0. The predicted molar refractivity (Wildman–Crippen MR) is 117 cm³/mol. The molecule has 2 aliphatic carbocycles. The van der Waals surface area contributed by atoms with E-state index in [9.17, 15) is 4.55 Å². The minimum Gasteiger partial charge on any atom is -0.612 e. The first kappa shape index (κ1) is 20.3. The number of halogens is 2. The van der Waals surface area contributed by atoms with E-state index in [2.05, 4.69) is 16.8 Å². The highest BCUT2D eigenvalue weighted by molar-refractivity contribution is 7.90. The Labute approximate surface area is 179 Å². The molecule has 4 rings (SSSR count). The molecule has 7 heteroatoms. The zero-order valence-electron chi connectivity index (χ0n) is 16.2. The molecule has 2 aromatic rings. The zero-order valence-corrected chi connectivity index (χ0v) is 18.5. The van der Waals surface area contributed by atoms with Crippen LogP contribution in [0, 0.1) is 11.8 Å². The predicted octanol–water partition coefficient (Wildman–Crippen LogP) is 5.59. The van der Waals surface area contributed by atoms with Gasteiger partial charge in [-0.1, -0.05) is 30.1 Å². The minimum absolute atomic E-state index is 0.506. The Morgan fingerprint density at radius 1 is 1.21 bits per heavy atom. The summed E-state index contributed by atoms with van der Waals surface area (Å²) in [7, 11) is 0. The summed E-state index contributed by atoms with van der Waals surface area (Å²) in [6, 6.07) is 5.85. The van der Waals surface area contributed by atoms with E-state index in [4.69, 9.17) is 28.2 Å². The van der Waals surface area contributed by atoms with E-state index < -0.39 is 11.2 Å². The van der Waals surface area contributed by atoms with Gasteiger partial charge in [0, 0.05) is 23.2 Å². The van der Waals surface area contributed by atoms with Crippen LogP contribution in [0.1, 0.15) is 39.0 Å². The molecule has 0 bridgehead atoms. The second-order valence-corrected chi connectivity index (χ2v) is 10.0. The van der Waals surface area contributed by atoms with E-state index in [0.717, 1.165) is 36.3 Å². The van der Waals surface area contributed by atoms with Crippen LogP contribution >= 0.6 is 23.2 Å². The zero-order chi connectivity index (χ0) is 19.8. The van der Waals surface area contributed by atoms with Crippen molar-refractivity contribution in [1.82, 2.24) is 9.97 Å². The van der Waals surface area contributed by atoms with Crippen LogP contribution in [-0.4, -0.2) is 33.4 Å². The first-order valence-electron chi connectivity index (χ1n) is 9.92. The van der Waals surface area contributed by atoms with Crippen molar-refractivity contribution >= 4 is 40.3 Å². The molecule has 150 valence electrons. The van der Waals surface area contributed by atoms with Gasteiger partial charge < -0.3 is 9.45 Å². The van der Waals surface area contributed by atoms with Gasteiger partial charge in [-0.25, -0.2) is 9.97 Å². The van der Waals surface area contributed by atoms with E-state index in [-0.39, 0.29) is 0 Å². The molecule has 4 nitrogen and oxygen atoms in total. The van der Waals surface area contributed by atoms with Crippen molar-refractivity contribution in [3.05, 3.63) is 34.4 Å². The van der Waals surface area contributed by atoms with Gasteiger partial charge in [-0.15, -0.1) is 0 Å². The lowest BCUT2D eigenvalue weighted by Crippen LogP contribution is -2.40. The van der Waals surface area contributed by atoms with Gasteiger partial charge in [0.05, 0.1) is 11.2 Å². The summed E-state index contributed by atoms with van der Waals surface area (Å²) in [4.78, 5) is 12.5. The van der Waals surface area contributed by atoms with Gasteiger partial charge in [-0.3, -0.25) is 0 Å². The van der Waals surface area contributed by atoms with Crippen LogP contribution in [0.2, 0.25) is 10.0 Å². The Balaban J connectivity index is 1.78. The van der Waals surface area contributed by atoms with Gasteiger partial charge in [0.15, 0.2) is 4.90 Å². The molecule has 0 N–H and O–H groups in total. The van der Waals surface area contributed by atoms with Crippen molar-refractivity contribution in [2.75, 3.05) is 17.7 Å². The van der Waals surface area contributed by atoms with E-state index >= 15 is 0 Å². The van der Waals surface area contributed by atoms with Crippen LogP contribution < -0.4 is 4.90 Å². The quantitative estimate of drug-likeness (QED) is 0.504. The molecular formula is C21H25Cl2N3OS. The van der Waals surface area contributed by atoms with Gasteiger partial charge >= 0.3 is 0 Å². The lowest BCUT2D eigenvalue weighted by atomic mass is 10.1. The Bertz CT molecular complexity index is 844. The Morgan fingerprint density at radius 3 is 2.43 bits per heavy atom. The van der Waals surface area contributed by atoms with Crippen molar-refractivity contribution in [1.29, 1.82) is 0 Å². The molecule has 0 amide bonds. The first-order chi connectivity index (χ1) is 13.5. The standard InChI is InChI=1S/C21H25Cl2N3OS/c1-3-10-26(20(13-4-5-13)14-6-7-14)21-24-12-18(28(2)27)19(25-21)16-9-8-15(22)11-17(16)23/h8-9,11-14,20H,3-7,10H2,1-2H3. The molecule has 1 aromatic heterocycles. The van der Waals surface area contributed by atoms with Crippen LogP contribution in [0.5, 0.6) is 0 Å². The summed E-state index contributed by atoms with van der Waals surface area (Å²) in [5.74, 6) is 2.23. The average Bonchev–Trinajstić information content (AvgIpc) is 3.55. The van der Waals surface area contributed by atoms with Crippen LogP contribution in [0.4, 0.5) is 5.95 Å². The number of benzene rings is 1. The number of nitrogens with zero attached hydrogens (tertiary/aromatic N) is 3. The van der Waals surface area contributed by atoms with Crippen LogP contribution in [0.25, 0.3) is 11.3 Å². The number of aromatic nitrogens is 2. The third kappa shape index (κ3) is 4.28. The second-order valence-electron chi connectivity index (χ2n) is 7.82. The summed E-state index contributed by atoms with van der Waals surface area (Å²) in [6.45, 7) is 3.12. The first-order valence-corrected chi connectivity index (χ1v) is 12.2. The molecule has 1 atom stereocenters. The normalized spacial score (nSPS) is 17.8. The van der Waals surface area contributed by atoms with Crippen molar-refractivity contribution in [2.24, 2.45) is 11.8 Å². The summed E-state index contributed by atoms with van der Waals surface area (Å²) in [5.41, 5.74) is 1.38. The largest absolute Gasteiger partial charge is 0.612 e. The summed E-state index contributed by atoms with van der Waals surface area (Å²) >= 11 is 11.3. The molecule has 2 fully saturated rings.